The van der Waals surface area contributed by atoms with Gasteiger partial charge in [-0.1, -0.05) is 25.6 Å². The van der Waals surface area contributed by atoms with E-state index in [9.17, 15) is 36.4 Å². The summed E-state index contributed by atoms with van der Waals surface area (Å²) >= 11 is 0. The molecule has 1 aromatic carbocycles. The Kier molecular flexibility index (Phi) is 8.27. The van der Waals surface area contributed by atoms with Crippen LogP contribution in [0.1, 0.15) is 45.6 Å². The molecule has 1 aliphatic heterocycles. The number of halogens is 6. The molecule has 1 atom stereocenters. The lowest BCUT2D eigenvalue weighted by molar-refractivity contribution is -0.189. The van der Waals surface area contributed by atoms with Crippen LogP contribution in [0.25, 0.3) is 0 Å². The van der Waals surface area contributed by atoms with Crippen molar-refractivity contribution in [2.24, 2.45) is 0 Å². The van der Waals surface area contributed by atoms with Crippen LogP contribution in [0.5, 0.6) is 11.5 Å². The zero-order valence-corrected chi connectivity index (χ0v) is 22.7. The van der Waals surface area contributed by atoms with Gasteiger partial charge in [0.2, 0.25) is 0 Å². The van der Waals surface area contributed by atoms with Crippen LogP contribution in [-0.2, 0) is 6.18 Å². The molecule has 39 heavy (non-hydrogen) atoms. The molecule has 0 saturated carbocycles. The van der Waals surface area contributed by atoms with Crippen LogP contribution < -0.4 is 9.47 Å². The summed E-state index contributed by atoms with van der Waals surface area (Å²) in [7, 11) is -0.786. The second-order valence-corrected chi connectivity index (χ2v) is 14.7. The average Bonchev–Trinajstić information content (AvgIpc) is 2.79. The van der Waals surface area contributed by atoms with E-state index in [0.717, 1.165) is 19.1 Å². The third-order valence-electron chi connectivity index (χ3n) is 5.80. The number of amides is 1. The third kappa shape index (κ3) is 6.84. The van der Waals surface area contributed by atoms with Crippen LogP contribution in [0.3, 0.4) is 0 Å². The molecule has 2 heterocycles. The largest absolute Gasteiger partial charge is 0.494 e. The maximum atomic E-state index is 13.4. The van der Waals surface area contributed by atoms with Gasteiger partial charge in [-0.3, -0.25) is 9.78 Å². The molecule has 0 N–H and O–H groups in total. The minimum absolute atomic E-state index is 0.00697. The molecule has 0 aliphatic carbocycles. The Labute approximate surface area is 222 Å². The summed E-state index contributed by atoms with van der Waals surface area (Å²) in [4.78, 5) is 18.7. The monoisotopic (exact) mass is 569 g/mol. The van der Waals surface area contributed by atoms with Crippen molar-refractivity contribution in [3.05, 3.63) is 52.3 Å². The van der Waals surface area contributed by atoms with Crippen molar-refractivity contribution in [3.63, 3.8) is 0 Å². The van der Waals surface area contributed by atoms with Crippen molar-refractivity contribution >= 4 is 14.0 Å². The molecule has 6 nitrogen and oxygen atoms in total. The second-order valence-electron chi connectivity index (χ2n) is 9.99. The molecule has 1 fully saturated rings. The minimum Gasteiger partial charge on any atom is -0.494 e. The molecule has 1 amide bonds. The number of hydrogen-bond acceptors (Lipinski definition) is 5. The fourth-order valence-corrected chi connectivity index (χ4v) is 4.22. The first-order valence-corrected chi connectivity index (χ1v) is 15.2. The molecule has 0 unspecified atom stereocenters. The van der Waals surface area contributed by atoms with E-state index in [1.54, 1.807) is 0 Å². The van der Waals surface area contributed by atoms with E-state index in [-0.39, 0.29) is 41.2 Å². The van der Waals surface area contributed by atoms with E-state index in [4.69, 9.17) is 9.47 Å². The average molecular weight is 570 g/mol. The first-order valence-electron chi connectivity index (χ1n) is 11.7. The van der Waals surface area contributed by atoms with Crippen molar-refractivity contribution in [1.29, 1.82) is 5.26 Å². The standard InChI is InChI=1S/C26H25F6N3O3Si/c1-15(25(27,28)29)38-20-7-6-17(11-33)23(37-2)21(20)24(36)35-13-18(14-35)22-16(8-9-39(3,4)5)10-19(12-34-22)26(30,31)32/h6-7,10,12,15,18H,13-14H2,1-5H3/t15-/m0/s1. The van der Waals surface area contributed by atoms with Gasteiger partial charge in [-0.2, -0.15) is 31.6 Å². The summed E-state index contributed by atoms with van der Waals surface area (Å²) in [5.74, 6) is 0.945. The molecule has 2 aromatic rings. The molecule has 13 heteroatoms. The molecule has 1 saturated heterocycles. The van der Waals surface area contributed by atoms with Crippen LogP contribution >= 0.6 is 0 Å². The number of aromatic nitrogens is 1. The van der Waals surface area contributed by atoms with Gasteiger partial charge in [0.15, 0.2) is 11.9 Å². The van der Waals surface area contributed by atoms with Gasteiger partial charge in [0.25, 0.3) is 5.91 Å². The zero-order valence-electron chi connectivity index (χ0n) is 21.7. The molecular formula is C26H25F6N3O3Si. The summed E-state index contributed by atoms with van der Waals surface area (Å²) in [6.45, 7) is 6.60. The number of ether oxygens (including phenoxy) is 2. The number of benzene rings is 1. The summed E-state index contributed by atoms with van der Waals surface area (Å²) in [6.07, 6.45) is -10.9. The van der Waals surface area contributed by atoms with E-state index >= 15 is 0 Å². The summed E-state index contributed by atoms with van der Waals surface area (Å²) in [5, 5.41) is 9.40. The number of methoxy groups -OCH3 is 1. The molecular weight excluding hydrogens is 544 g/mol. The predicted molar refractivity (Wildman–Crippen MR) is 132 cm³/mol. The van der Waals surface area contributed by atoms with E-state index < -0.39 is 49.7 Å². The smallest absolute Gasteiger partial charge is 0.425 e. The highest BCUT2D eigenvalue weighted by Gasteiger charge is 2.41. The maximum absolute atomic E-state index is 13.4. The number of carbonyl (C=O) groups is 1. The van der Waals surface area contributed by atoms with Crippen LogP contribution in [0.4, 0.5) is 26.3 Å². The first kappa shape index (κ1) is 29.8. The normalized spacial score (nSPS) is 15.0. The second kappa shape index (κ2) is 10.8. The van der Waals surface area contributed by atoms with Crippen molar-refractivity contribution in [2.45, 2.75) is 50.9 Å². The summed E-state index contributed by atoms with van der Waals surface area (Å²) in [5.41, 5.74) is 2.04. The van der Waals surface area contributed by atoms with Crippen molar-refractivity contribution < 1.29 is 40.6 Å². The number of rotatable bonds is 5. The number of pyridine rings is 1. The number of nitrogens with zero attached hydrogens (tertiary/aromatic N) is 3. The molecule has 1 aliphatic rings. The van der Waals surface area contributed by atoms with Crippen LogP contribution in [0.2, 0.25) is 19.6 Å². The highest BCUT2D eigenvalue weighted by molar-refractivity contribution is 6.83. The summed E-state index contributed by atoms with van der Waals surface area (Å²) in [6, 6.07) is 5.04. The Morgan fingerprint density at radius 3 is 2.31 bits per heavy atom. The fourth-order valence-electron chi connectivity index (χ4n) is 3.71. The Hall–Kier alpha value is -3.71. The SMILES string of the molecule is COc1c(C#N)ccc(O[C@@H](C)C(F)(F)F)c1C(=O)N1CC(c2ncc(C(F)(F)F)cc2C#C[Si](C)(C)C)C1. The van der Waals surface area contributed by atoms with Crippen LogP contribution in [0.15, 0.2) is 24.4 Å². The van der Waals surface area contributed by atoms with Gasteiger partial charge in [-0.15, -0.1) is 5.54 Å². The number of hydrogen-bond donors (Lipinski definition) is 0. The lowest BCUT2D eigenvalue weighted by atomic mass is 9.91. The lowest BCUT2D eigenvalue weighted by Crippen LogP contribution is -2.49. The predicted octanol–water partition coefficient (Wildman–Crippen LogP) is 5.78. The van der Waals surface area contributed by atoms with Gasteiger partial charge >= 0.3 is 12.4 Å². The molecule has 3 rings (SSSR count). The maximum Gasteiger partial charge on any atom is 0.425 e. The molecule has 0 spiro atoms. The molecule has 0 bridgehead atoms. The van der Waals surface area contributed by atoms with Gasteiger partial charge < -0.3 is 14.4 Å². The Morgan fingerprint density at radius 2 is 1.79 bits per heavy atom. The van der Waals surface area contributed by atoms with Gasteiger partial charge in [-0.25, -0.2) is 0 Å². The molecule has 0 radical (unpaired) electrons. The molecule has 208 valence electrons. The van der Waals surface area contributed by atoms with Gasteiger partial charge in [-0.05, 0) is 25.1 Å². The topological polar surface area (TPSA) is 75.5 Å². The highest BCUT2D eigenvalue weighted by atomic mass is 28.3. The van der Waals surface area contributed by atoms with Gasteiger partial charge in [0.05, 0.1) is 23.9 Å². The van der Waals surface area contributed by atoms with Crippen LogP contribution in [0, 0.1) is 22.8 Å². The van der Waals surface area contributed by atoms with Crippen molar-refractivity contribution in [3.8, 4) is 29.0 Å². The third-order valence-corrected chi connectivity index (χ3v) is 6.67. The van der Waals surface area contributed by atoms with E-state index in [1.807, 2.05) is 25.7 Å². The zero-order chi connectivity index (χ0) is 29.3. The first-order chi connectivity index (χ1) is 18.0. The Bertz CT molecular complexity index is 1360. The molecule has 1 aromatic heterocycles. The van der Waals surface area contributed by atoms with Crippen molar-refractivity contribution in [2.75, 3.05) is 20.2 Å². The van der Waals surface area contributed by atoms with Gasteiger partial charge in [0.1, 0.15) is 25.5 Å². The number of nitriles is 1. The Balaban J connectivity index is 1.95. The quantitative estimate of drug-likeness (QED) is 0.259. The Morgan fingerprint density at radius 1 is 1.15 bits per heavy atom. The number of alkyl halides is 6. The van der Waals surface area contributed by atoms with E-state index in [1.165, 1.54) is 18.1 Å². The van der Waals surface area contributed by atoms with E-state index in [2.05, 4.69) is 16.4 Å². The van der Waals surface area contributed by atoms with E-state index in [0.29, 0.717) is 6.20 Å². The van der Waals surface area contributed by atoms with Crippen molar-refractivity contribution in [1.82, 2.24) is 9.88 Å². The highest BCUT2D eigenvalue weighted by Crippen LogP contribution is 2.39. The fraction of sp³-hybridized carbons (Fsp3) is 0.423. The van der Waals surface area contributed by atoms with Crippen LogP contribution in [-0.4, -0.2) is 56.3 Å². The number of carbonyl (C=O) groups excluding carboxylic acids is 1. The summed E-state index contributed by atoms with van der Waals surface area (Å²) < 4.78 is 89.6. The van der Waals surface area contributed by atoms with Gasteiger partial charge in [0, 0.05) is 30.8 Å². The lowest BCUT2D eigenvalue weighted by Gasteiger charge is -2.40. The number of likely N-dealkylation sites (tertiary alicyclic amines) is 1. The minimum atomic E-state index is -4.72.